The second kappa shape index (κ2) is 4.72. The summed E-state index contributed by atoms with van der Waals surface area (Å²) in [4.78, 5) is 4.35. The van der Waals surface area contributed by atoms with Gasteiger partial charge in [0.15, 0.2) is 0 Å². The van der Waals surface area contributed by atoms with Crippen LogP contribution >= 0.6 is 0 Å². The fraction of sp³-hybridized carbons (Fsp3) is 0.800. The van der Waals surface area contributed by atoms with Crippen LogP contribution in [0, 0.1) is 0 Å². The highest BCUT2D eigenvalue weighted by Gasteiger charge is 2.24. The van der Waals surface area contributed by atoms with Crippen LogP contribution in [0.3, 0.4) is 0 Å². The van der Waals surface area contributed by atoms with Gasteiger partial charge in [-0.15, -0.1) is 0 Å². The van der Waals surface area contributed by atoms with Crippen molar-refractivity contribution >= 4 is 0 Å². The molecule has 1 fully saturated rings. The van der Waals surface area contributed by atoms with Crippen LogP contribution < -0.4 is 5.73 Å². The summed E-state index contributed by atoms with van der Waals surface area (Å²) in [5.41, 5.74) is 5.62. The molecule has 5 heteroatoms. The van der Waals surface area contributed by atoms with Crippen LogP contribution in [0.5, 0.6) is 0 Å². The first kappa shape index (κ1) is 10.6. The molecule has 5 nitrogen and oxygen atoms in total. The van der Waals surface area contributed by atoms with Gasteiger partial charge < -0.3 is 15.0 Å². The molecule has 0 radical (unpaired) electrons. The van der Waals surface area contributed by atoms with Crippen molar-refractivity contribution in [3.05, 3.63) is 11.7 Å². The van der Waals surface area contributed by atoms with Crippen molar-refractivity contribution in [2.24, 2.45) is 5.73 Å². The van der Waals surface area contributed by atoms with Gasteiger partial charge in [-0.3, -0.25) is 0 Å². The molecule has 0 aliphatic carbocycles. The van der Waals surface area contributed by atoms with Gasteiger partial charge in [0.25, 0.3) is 0 Å². The smallest absolute Gasteiger partial charge is 0.231 e. The van der Waals surface area contributed by atoms with Gasteiger partial charge in [-0.2, -0.15) is 4.98 Å². The van der Waals surface area contributed by atoms with Gasteiger partial charge in [-0.05, 0) is 19.3 Å². The van der Waals surface area contributed by atoms with Crippen molar-refractivity contribution in [1.29, 1.82) is 0 Å². The standard InChI is InChI=1S/C10H17N3O2/c1-2-7(6-11)10-12-9(13-15-10)8-4-3-5-14-8/h7-8H,2-6,11H2,1H3. The van der Waals surface area contributed by atoms with Crippen LogP contribution in [-0.4, -0.2) is 23.3 Å². The maximum atomic E-state index is 5.62. The van der Waals surface area contributed by atoms with Crippen LogP contribution in [-0.2, 0) is 4.74 Å². The molecule has 2 unspecified atom stereocenters. The summed E-state index contributed by atoms with van der Waals surface area (Å²) < 4.78 is 10.7. The van der Waals surface area contributed by atoms with E-state index in [9.17, 15) is 0 Å². The van der Waals surface area contributed by atoms with Gasteiger partial charge in [-0.25, -0.2) is 0 Å². The highest BCUT2D eigenvalue weighted by Crippen LogP contribution is 2.27. The van der Waals surface area contributed by atoms with Crippen LogP contribution in [0.25, 0.3) is 0 Å². The second-order valence-corrected chi connectivity index (χ2v) is 3.83. The minimum atomic E-state index is 0.0257. The molecule has 1 aliphatic heterocycles. The number of hydrogen-bond donors (Lipinski definition) is 1. The first-order valence-electron chi connectivity index (χ1n) is 5.50. The summed E-state index contributed by atoms with van der Waals surface area (Å²) >= 11 is 0. The zero-order valence-corrected chi connectivity index (χ0v) is 8.98. The maximum absolute atomic E-state index is 5.62. The van der Waals surface area contributed by atoms with Gasteiger partial charge >= 0.3 is 0 Å². The van der Waals surface area contributed by atoms with Crippen molar-refractivity contribution in [2.75, 3.05) is 13.2 Å². The van der Waals surface area contributed by atoms with Crippen molar-refractivity contribution < 1.29 is 9.26 Å². The fourth-order valence-electron chi connectivity index (χ4n) is 1.77. The maximum Gasteiger partial charge on any atom is 0.231 e. The first-order chi connectivity index (χ1) is 7.35. The summed E-state index contributed by atoms with van der Waals surface area (Å²) in [5.74, 6) is 1.49. The molecule has 15 heavy (non-hydrogen) atoms. The van der Waals surface area contributed by atoms with Crippen molar-refractivity contribution in [3.63, 3.8) is 0 Å². The number of ether oxygens (including phenoxy) is 1. The molecule has 0 saturated carbocycles. The molecule has 0 spiro atoms. The number of hydrogen-bond acceptors (Lipinski definition) is 5. The number of aromatic nitrogens is 2. The Labute approximate surface area is 89.0 Å². The Bertz CT molecular complexity index is 287. The molecule has 0 aromatic carbocycles. The van der Waals surface area contributed by atoms with E-state index in [1.165, 1.54) is 0 Å². The van der Waals surface area contributed by atoms with E-state index in [1.54, 1.807) is 0 Å². The van der Waals surface area contributed by atoms with E-state index >= 15 is 0 Å². The van der Waals surface area contributed by atoms with Gasteiger partial charge in [0.05, 0.1) is 5.92 Å². The van der Waals surface area contributed by atoms with Crippen molar-refractivity contribution in [2.45, 2.75) is 38.2 Å². The first-order valence-corrected chi connectivity index (χ1v) is 5.50. The Morgan fingerprint density at radius 1 is 1.60 bits per heavy atom. The van der Waals surface area contributed by atoms with Crippen molar-refractivity contribution in [1.82, 2.24) is 10.1 Å². The molecule has 2 N–H and O–H groups in total. The average Bonchev–Trinajstić information content (AvgIpc) is 2.89. The lowest BCUT2D eigenvalue weighted by molar-refractivity contribution is 0.103. The summed E-state index contributed by atoms with van der Waals surface area (Å²) in [6, 6.07) is 0. The molecule has 2 atom stereocenters. The van der Waals surface area contributed by atoms with Crippen molar-refractivity contribution in [3.8, 4) is 0 Å². The zero-order chi connectivity index (χ0) is 10.7. The molecule has 0 amide bonds. The van der Waals surface area contributed by atoms with Crippen LogP contribution in [0.4, 0.5) is 0 Å². The predicted octanol–water partition coefficient (Wildman–Crippen LogP) is 1.37. The molecule has 1 aromatic rings. The van der Waals surface area contributed by atoms with Gasteiger partial charge in [0.1, 0.15) is 6.10 Å². The molecule has 84 valence electrons. The Balaban J connectivity index is 2.08. The fourth-order valence-corrected chi connectivity index (χ4v) is 1.77. The monoisotopic (exact) mass is 211 g/mol. The van der Waals surface area contributed by atoms with E-state index < -0.39 is 0 Å². The molecule has 1 saturated heterocycles. The minimum absolute atomic E-state index is 0.0257. The quantitative estimate of drug-likeness (QED) is 0.814. The zero-order valence-electron chi connectivity index (χ0n) is 8.98. The van der Waals surface area contributed by atoms with Crippen LogP contribution in [0.1, 0.15) is 49.9 Å². The van der Waals surface area contributed by atoms with E-state index in [4.69, 9.17) is 15.0 Å². The third-order valence-electron chi connectivity index (χ3n) is 2.80. The summed E-state index contributed by atoms with van der Waals surface area (Å²) in [5, 5.41) is 3.95. The van der Waals surface area contributed by atoms with Gasteiger partial charge in [0, 0.05) is 13.2 Å². The summed E-state index contributed by atoms with van der Waals surface area (Å²) in [6.45, 7) is 3.40. The van der Waals surface area contributed by atoms with E-state index in [1.807, 2.05) is 0 Å². The number of nitrogens with two attached hydrogens (primary N) is 1. The van der Waals surface area contributed by atoms with E-state index in [0.29, 0.717) is 18.3 Å². The molecular weight excluding hydrogens is 194 g/mol. The molecule has 0 bridgehead atoms. The summed E-state index contributed by atoms with van der Waals surface area (Å²) in [7, 11) is 0. The lowest BCUT2D eigenvalue weighted by Gasteiger charge is -2.05. The Morgan fingerprint density at radius 3 is 3.07 bits per heavy atom. The number of rotatable bonds is 4. The molecule has 2 rings (SSSR count). The molecule has 1 aliphatic rings. The lowest BCUT2D eigenvalue weighted by atomic mass is 10.1. The predicted molar refractivity (Wildman–Crippen MR) is 54.3 cm³/mol. The van der Waals surface area contributed by atoms with Gasteiger partial charge in [0.2, 0.25) is 11.7 Å². The topological polar surface area (TPSA) is 74.2 Å². The third-order valence-corrected chi connectivity index (χ3v) is 2.80. The normalized spacial score (nSPS) is 23.2. The van der Waals surface area contributed by atoms with Gasteiger partial charge in [-0.1, -0.05) is 12.1 Å². The van der Waals surface area contributed by atoms with E-state index in [2.05, 4.69) is 17.1 Å². The lowest BCUT2D eigenvalue weighted by Crippen LogP contribution is -2.12. The highest BCUT2D eigenvalue weighted by atomic mass is 16.5. The Kier molecular flexibility index (Phi) is 3.33. The SMILES string of the molecule is CCC(CN)c1nc(C2CCCO2)no1. The van der Waals surface area contributed by atoms with E-state index in [0.717, 1.165) is 25.9 Å². The third kappa shape index (κ3) is 2.18. The average molecular weight is 211 g/mol. The second-order valence-electron chi connectivity index (χ2n) is 3.83. The largest absolute Gasteiger partial charge is 0.370 e. The van der Waals surface area contributed by atoms with Crippen LogP contribution in [0.15, 0.2) is 4.52 Å². The number of nitrogens with zero attached hydrogens (tertiary/aromatic N) is 2. The summed E-state index contributed by atoms with van der Waals surface area (Å²) in [6.07, 6.45) is 3.00. The Hall–Kier alpha value is -0.940. The van der Waals surface area contributed by atoms with E-state index in [-0.39, 0.29) is 12.0 Å². The molecule has 2 heterocycles. The minimum Gasteiger partial charge on any atom is -0.370 e. The Morgan fingerprint density at radius 2 is 2.47 bits per heavy atom. The van der Waals surface area contributed by atoms with Crippen LogP contribution in [0.2, 0.25) is 0 Å². The molecular formula is C10H17N3O2. The molecule has 1 aromatic heterocycles. The highest BCUT2D eigenvalue weighted by molar-refractivity contribution is 4.97.